The second-order valence-corrected chi connectivity index (χ2v) is 8.98. The molecule has 6 nitrogen and oxygen atoms in total. The van der Waals surface area contributed by atoms with E-state index >= 15 is 0 Å². The summed E-state index contributed by atoms with van der Waals surface area (Å²) in [6.07, 6.45) is -0.00234. The van der Waals surface area contributed by atoms with E-state index < -0.39 is 5.41 Å². The number of hydrogen-bond donors (Lipinski definition) is 0. The van der Waals surface area contributed by atoms with Gasteiger partial charge >= 0.3 is 0 Å². The van der Waals surface area contributed by atoms with E-state index in [2.05, 4.69) is 0 Å². The third-order valence-electron chi connectivity index (χ3n) is 6.15. The molecule has 3 unspecified atom stereocenters. The van der Waals surface area contributed by atoms with E-state index in [0.29, 0.717) is 30.3 Å². The Kier molecular flexibility index (Phi) is 7.34. The first-order valence-corrected chi connectivity index (χ1v) is 11.0. The topological polar surface area (TPSA) is 57.2 Å². The average molecular weight is 442 g/mol. The number of benzene rings is 2. The lowest BCUT2D eigenvalue weighted by molar-refractivity contribution is -0.152. The zero-order chi connectivity index (χ0) is 23.5. The van der Waals surface area contributed by atoms with Gasteiger partial charge in [-0.05, 0) is 19.4 Å². The Bertz CT molecular complexity index is 892. The van der Waals surface area contributed by atoms with E-state index in [0.717, 1.165) is 11.1 Å². The van der Waals surface area contributed by atoms with Gasteiger partial charge in [0.2, 0.25) is 5.91 Å². The fourth-order valence-corrected chi connectivity index (χ4v) is 4.78. The van der Waals surface area contributed by atoms with E-state index in [1.54, 1.807) is 21.3 Å². The minimum atomic E-state index is -0.784. The van der Waals surface area contributed by atoms with Gasteiger partial charge in [0.25, 0.3) is 0 Å². The highest BCUT2D eigenvalue weighted by Gasteiger charge is 2.45. The average Bonchev–Trinajstić information content (AvgIpc) is 2.78. The van der Waals surface area contributed by atoms with Crippen LogP contribution in [-0.4, -0.2) is 57.4 Å². The molecule has 6 heteroatoms. The number of carbonyl (C=O) groups excluding carboxylic acids is 1. The molecule has 0 aliphatic carbocycles. The predicted octanol–water partition coefficient (Wildman–Crippen LogP) is 4.51. The number of methoxy groups -OCH3 is 3. The van der Waals surface area contributed by atoms with E-state index in [1.165, 1.54) is 0 Å². The Hall–Kier alpha value is -2.73. The molecule has 0 bridgehead atoms. The number of ether oxygens (including phenoxy) is 4. The second kappa shape index (κ2) is 9.82. The number of morpholine rings is 1. The Morgan fingerprint density at radius 1 is 0.969 bits per heavy atom. The van der Waals surface area contributed by atoms with Crippen molar-refractivity contribution in [2.75, 3.05) is 34.4 Å². The first-order chi connectivity index (χ1) is 15.2. The smallest absolute Gasteiger partial charge is 0.229 e. The second-order valence-electron chi connectivity index (χ2n) is 8.98. The van der Waals surface area contributed by atoms with Crippen LogP contribution in [0.25, 0.3) is 0 Å². The quantitative estimate of drug-likeness (QED) is 0.633. The van der Waals surface area contributed by atoms with Crippen molar-refractivity contribution in [1.29, 1.82) is 0 Å². The van der Waals surface area contributed by atoms with E-state index in [-0.39, 0.29) is 24.0 Å². The molecule has 1 fully saturated rings. The van der Waals surface area contributed by atoms with Gasteiger partial charge in [-0.2, -0.15) is 0 Å². The molecule has 1 amide bonds. The molecule has 1 aliphatic heterocycles. The fourth-order valence-electron chi connectivity index (χ4n) is 4.78. The lowest BCUT2D eigenvalue weighted by Gasteiger charge is -2.42. The minimum absolute atomic E-state index is 0.00117. The Balaban J connectivity index is 2.17. The molecule has 174 valence electrons. The van der Waals surface area contributed by atoms with Crippen molar-refractivity contribution >= 4 is 5.91 Å². The summed E-state index contributed by atoms with van der Waals surface area (Å²) in [7, 11) is 4.86. The maximum atomic E-state index is 14.0. The van der Waals surface area contributed by atoms with Crippen molar-refractivity contribution in [3.63, 3.8) is 0 Å². The summed E-state index contributed by atoms with van der Waals surface area (Å²) in [5, 5.41) is 0. The van der Waals surface area contributed by atoms with E-state index in [1.807, 2.05) is 75.1 Å². The van der Waals surface area contributed by atoms with Crippen LogP contribution in [0.2, 0.25) is 0 Å². The fraction of sp³-hybridized carbons (Fsp3) is 0.500. The SMILES string of the molecule is COc1cc(OC)c(C(c2ccccc2)C(C)(C)C(=O)N2CC(C)OC(C)C2)c(OC)c1. The van der Waals surface area contributed by atoms with Gasteiger partial charge in [-0.3, -0.25) is 4.79 Å². The summed E-state index contributed by atoms with van der Waals surface area (Å²) >= 11 is 0. The molecular weight excluding hydrogens is 406 g/mol. The van der Waals surface area contributed by atoms with Crippen LogP contribution in [0.4, 0.5) is 0 Å². The number of rotatable bonds is 7. The van der Waals surface area contributed by atoms with Gasteiger partial charge in [-0.15, -0.1) is 0 Å². The zero-order valence-corrected chi connectivity index (χ0v) is 20.2. The standard InChI is InChI=1S/C26H35NO5/c1-17-15-27(16-18(2)32-17)25(28)26(3,4)24(19-11-9-8-10-12-19)23-21(30-6)13-20(29-5)14-22(23)31-7/h8-14,17-18,24H,15-16H2,1-7H3. The van der Waals surface area contributed by atoms with Crippen molar-refractivity contribution in [3.8, 4) is 17.2 Å². The number of amides is 1. The van der Waals surface area contributed by atoms with Gasteiger partial charge in [-0.25, -0.2) is 0 Å². The van der Waals surface area contributed by atoms with Crippen LogP contribution >= 0.6 is 0 Å². The lowest BCUT2D eigenvalue weighted by atomic mass is 9.69. The Morgan fingerprint density at radius 3 is 1.97 bits per heavy atom. The molecule has 0 spiro atoms. The van der Waals surface area contributed by atoms with E-state index in [9.17, 15) is 4.79 Å². The third kappa shape index (κ3) is 4.70. The van der Waals surface area contributed by atoms with Gasteiger partial charge in [0.05, 0.1) is 39.0 Å². The van der Waals surface area contributed by atoms with Crippen LogP contribution in [0.15, 0.2) is 42.5 Å². The molecule has 0 saturated carbocycles. The molecule has 2 aromatic carbocycles. The summed E-state index contributed by atoms with van der Waals surface area (Å²) in [6, 6.07) is 13.7. The molecule has 32 heavy (non-hydrogen) atoms. The Morgan fingerprint density at radius 2 is 1.50 bits per heavy atom. The van der Waals surface area contributed by atoms with Crippen LogP contribution in [0, 0.1) is 5.41 Å². The van der Waals surface area contributed by atoms with Crippen molar-refractivity contribution in [1.82, 2.24) is 4.90 Å². The molecule has 2 aromatic rings. The molecule has 0 aromatic heterocycles. The maximum Gasteiger partial charge on any atom is 0.229 e. The largest absolute Gasteiger partial charge is 0.496 e. The van der Waals surface area contributed by atoms with Crippen molar-refractivity contribution in [2.24, 2.45) is 5.41 Å². The van der Waals surface area contributed by atoms with Crippen LogP contribution in [0.5, 0.6) is 17.2 Å². The van der Waals surface area contributed by atoms with Crippen LogP contribution in [-0.2, 0) is 9.53 Å². The molecular formula is C26H35NO5. The van der Waals surface area contributed by atoms with Crippen molar-refractivity contribution in [3.05, 3.63) is 53.6 Å². The maximum absolute atomic E-state index is 14.0. The lowest BCUT2D eigenvalue weighted by Crippen LogP contribution is -2.53. The number of nitrogens with zero attached hydrogens (tertiary/aromatic N) is 1. The first-order valence-electron chi connectivity index (χ1n) is 11.0. The highest BCUT2D eigenvalue weighted by molar-refractivity contribution is 5.84. The molecule has 1 heterocycles. The predicted molar refractivity (Wildman–Crippen MR) is 125 cm³/mol. The summed E-state index contributed by atoms with van der Waals surface area (Å²) in [4.78, 5) is 15.9. The molecule has 1 aliphatic rings. The van der Waals surface area contributed by atoms with Crippen molar-refractivity contribution < 1.29 is 23.7 Å². The summed E-state index contributed by atoms with van der Waals surface area (Å²) in [5.74, 6) is 1.65. The first kappa shape index (κ1) is 23.9. The highest BCUT2D eigenvalue weighted by Crippen LogP contribution is 2.50. The molecule has 0 N–H and O–H groups in total. The van der Waals surface area contributed by atoms with Crippen LogP contribution in [0.1, 0.15) is 44.7 Å². The third-order valence-corrected chi connectivity index (χ3v) is 6.15. The van der Waals surface area contributed by atoms with Gasteiger partial charge < -0.3 is 23.8 Å². The number of hydrogen-bond acceptors (Lipinski definition) is 5. The normalized spacial score (nSPS) is 19.9. The zero-order valence-electron chi connectivity index (χ0n) is 20.2. The molecule has 3 atom stereocenters. The minimum Gasteiger partial charge on any atom is -0.496 e. The summed E-state index contributed by atoms with van der Waals surface area (Å²) in [6.45, 7) is 9.16. The van der Waals surface area contributed by atoms with Gasteiger partial charge in [0.15, 0.2) is 0 Å². The summed E-state index contributed by atoms with van der Waals surface area (Å²) in [5.41, 5.74) is 1.06. The van der Waals surface area contributed by atoms with Crippen LogP contribution in [0.3, 0.4) is 0 Å². The Labute approximate surface area is 191 Å². The molecule has 3 rings (SSSR count). The van der Waals surface area contributed by atoms with E-state index in [4.69, 9.17) is 18.9 Å². The number of carbonyl (C=O) groups is 1. The molecule has 1 saturated heterocycles. The van der Waals surface area contributed by atoms with Crippen LogP contribution < -0.4 is 14.2 Å². The van der Waals surface area contributed by atoms with Gasteiger partial charge in [-0.1, -0.05) is 44.2 Å². The summed E-state index contributed by atoms with van der Waals surface area (Å²) < 4.78 is 22.9. The monoisotopic (exact) mass is 441 g/mol. The van der Waals surface area contributed by atoms with Crippen molar-refractivity contribution in [2.45, 2.75) is 45.8 Å². The van der Waals surface area contributed by atoms with Gasteiger partial charge in [0, 0.05) is 36.7 Å². The highest BCUT2D eigenvalue weighted by atomic mass is 16.5. The molecule has 0 radical (unpaired) electrons. The van der Waals surface area contributed by atoms with Gasteiger partial charge in [0.1, 0.15) is 17.2 Å².